The minimum absolute atomic E-state index is 0.0772. The Bertz CT molecular complexity index is 398. The molecule has 1 heterocycles. The minimum Gasteiger partial charge on any atom is -0.459 e. The number of carbonyl (C=O) groups is 1. The fraction of sp³-hybridized carbons (Fsp3) is 0.500. The molecule has 86 valence electrons. The number of pyridine rings is 1. The second-order valence-corrected chi connectivity index (χ2v) is 4.21. The number of aryl methyl sites for hydroxylation is 1. The molecule has 0 bridgehead atoms. The van der Waals surface area contributed by atoms with E-state index in [1.165, 1.54) is 0 Å². The summed E-state index contributed by atoms with van der Waals surface area (Å²) in [6.45, 7) is 1.78. The molecule has 0 aromatic carbocycles. The summed E-state index contributed by atoms with van der Waals surface area (Å²) in [6, 6.07) is 1.62. The zero-order valence-corrected chi connectivity index (χ0v) is 9.40. The second-order valence-electron chi connectivity index (χ2n) is 4.21. The molecule has 0 saturated heterocycles. The SMILES string of the molecule is Cc1ncc(N)cc1C(=O)OC1CCCC1. The Balaban J connectivity index is 2.10. The number of rotatable bonds is 2. The van der Waals surface area contributed by atoms with E-state index in [1.54, 1.807) is 19.2 Å². The van der Waals surface area contributed by atoms with Crippen molar-refractivity contribution in [1.29, 1.82) is 0 Å². The van der Waals surface area contributed by atoms with Gasteiger partial charge in [-0.05, 0) is 38.7 Å². The Labute approximate surface area is 94.8 Å². The lowest BCUT2D eigenvalue weighted by molar-refractivity contribution is 0.0316. The number of nitrogens with zero attached hydrogens (tertiary/aromatic N) is 1. The molecule has 1 saturated carbocycles. The number of carbonyl (C=O) groups excluding carboxylic acids is 1. The molecule has 1 aromatic rings. The van der Waals surface area contributed by atoms with Gasteiger partial charge in [0.1, 0.15) is 6.10 Å². The van der Waals surface area contributed by atoms with E-state index >= 15 is 0 Å². The number of hydrogen-bond donors (Lipinski definition) is 1. The number of nitrogens with two attached hydrogens (primary N) is 1. The van der Waals surface area contributed by atoms with E-state index in [2.05, 4.69) is 4.98 Å². The number of nitrogen functional groups attached to an aromatic ring is 1. The fourth-order valence-electron chi connectivity index (χ4n) is 1.98. The molecule has 0 radical (unpaired) electrons. The van der Waals surface area contributed by atoms with E-state index in [9.17, 15) is 4.79 Å². The third-order valence-electron chi connectivity index (χ3n) is 2.90. The predicted molar refractivity (Wildman–Crippen MR) is 61.1 cm³/mol. The normalized spacial score (nSPS) is 16.3. The zero-order valence-electron chi connectivity index (χ0n) is 9.40. The fourth-order valence-corrected chi connectivity index (χ4v) is 1.98. The molecular weight excluding hydrogens is 204 g/mol. The molecule has 1 aliphatic carbocycles. The Morgan fingerprint density at radius 2 is 2.19 bits per heavy atom. The highest BCUT2D eigenvalue weighted by Gasteiger charge is 2.21. The monoisotopic (exact) mass is 220 g/mol. The molecule has 0 unspecified atom stereocenters. The van der Waals surface area contributed by atoms with Gasteiger partial charge >= 0.3 is 5.97 Å². The topological polar surface area (TPSA) is 65.2 Å². The molecule has 0 aliphatic heterocycles. The maximum atomic E-state index is 11.9. The standard InChI is InChI=1S/C12H16N2O2/c1-8-11(6-9(13)7-14-8)12(15)16-10-4-2-3-5-10/h6-7,10H,2-5,13H2,1H3. The van der Waals surface area contributed by atoms with Crippen LogP contribution in [0.15, 0.2) is 12.3 Å². The van der Waals surface area contributed by atoms with Crippen LogP contribution in [0.5, 0.6) is 0 Å². The van der Waals surface area contributed by atoms with Gasteiger partial charge in [-0.2, -0.15) is 0 Å². The molecule has 2 rings (SSSR count). The van der Waals surface area contributed by atoms with E-state index in [1.807, 2.05) is 0 Å². The van der Waals surface area contributed by atoms with Crippen LogP contribution < -0.4 is 5.73 Å². The van der Waals surface area contributed by atoms with Crippen molar-refractivity contribution in [1.82, 2.24) is 4.98 Å². The molecule has 2 N–H and O–H groups in total. The second kappa shape index (κ2) is 4.51. The van der Waals surface area contributed by atoms with E-state index in [0.717, 1.165) is 25.7 Å². The summed E-state index contributed by atoms with van der Waals surface area (Å²) in [6.07, 6.45) is 5.86. The Morgan fingerprint density at radius 1 is 1.50 bits per heavy atom. The Hall–Kier alpha value is -1.58. The highest BCUT2D eigenvalue weighted by molar-refractivity contribution is 5.91. The molecular formula is C12H16N2O2. The van der Waals surface area contributed by atoms with Gasteiger partial charge in [0.25, 0.3) is 0 Å². The van der Waals surface area contributed by atoms with E-state index in [-0.39, 0.29) is 12.1 Å². The van der Waals surface area contributed by atoms with Crippen LogP contribution in [0, 0.1) is 6.92 Å². The van der Waals surface area contributed by atoms with Crippen molar-refractivity contribution in [2.24, 2.45) is 0 Å². The maximum Gasteiger partial charge on any atom is 0.340 e. The molecule has 16 heavy (non-hydrogen) atoms. The largest absolute Gasteiger partial charge is 0.459 e. The molecule has 0 amide bonds. The number of anilines is 1. The van der Waals surface area contributed by atoms with E-state index in [0.29, 0.717) is 16.9 Å². The Kier molecular flexibility index (Phi) is 3.08. The molecule has 4 nitrogen and oxygen atoms in total. The third kappa shape index (κ3) is 2.32. The first-order valence-electron chi connectivity index (χ1n) is 5.60. The summed E-state index contributed by atoms with van der Waals surface area (Å²) in [5.74, 6) is -0.302. The first-order chi connectivity index (χ1) is 7.66. The lowest BCUT2D eigenvalue weighted by Crippen LogP contribution is -2.16. The highest BCUT2D eigenvalue weighted by atomic mass is 16.5. The van der Waals surface area contributed by atoms with Crippen LogP contribution >= 0.6 is 0 Å². The van der Waals surface area contributed by atoms with Crippen molar-refractivity contribution >= 4 is 11.7 Å². The number of ether oxygens (including phenoxy) is 1. The molecule has 1 fully saturated rings. The zero-order chi connectivity index (χ0) is 11.5. The average Bonchev–Trinajstić information content (AvgIpc) is 2.74. The van der Waals surface area contributed by atoms with Gasteiger partial charge in [0.2, 0.25) is 0 Å². The molecule has 1 aliphatic rings. The van der Waals surface area contributed by atoms with Gasteiger partial charge in [-0.3, -0.25) is 4.98 Å². The molecule has 1 aromatic heterocycles. The molecule has 4 heteroatoms. The van der Waals surface area contributed by atoms with Crippen molar-refractivity contribution in [3.05, 3.63) is 23.5 Å². The number of esters is 1. The minimum atomic E-state index is -0.302. The van der Waals surface area contributed by atoms with Crippen LogP contribution in [0.1, 0.15) is 41.7 Å². The van der Waals surface area contributed by atoms with Crippen LogP contribution in [0.2, 0.25) is 0 Å². The van der Waals surface area contributed by atoms with E-state index < -0.39 is 0 Å². The van der Waals surface area contributed by atoms with Crippen molar-refractivity contribution in [3.8, 4) is 0 Å². The van der Waals surface area contributed by atoms with Crippen LogP contribution in [0.4, 0.5) is 5.69 Å². The Morgan fingerprint density at radius 3 is 2.88 bits per heavy atom. The average molecular weight is 220 g/mol. The first kappa shape index (κ1) is 10.9. The quantitative estimate of drug-likeness (QED) is 0.775. The van der Waals surface area contributed by atoms with Crippen molar-refractivity contribution in [2.45, 2.75) is 38.7 Å². The van der Waals surface area contributed by atoms with Crippen LogP contribution in [-0.2, 0) is 4.74 Å². The lowest BCUT2D eigenvalue weighted by Gasteiger charge is -2.12. The van der Waals surface area contributed by atoms with Crippen molar-refractivity contribution in [3.63, 3.8) is 0 Å². The number of aromatic nitrogens is 1. The van der Waals surface area contributed by atoms with Gasteiger partial charge in [0.15, 0.2) is 0 Å². The van der Waals surface area contributed by atoms with Gasteiger partial charge in [-0.1, -0.05) is 0 Å². The summed E-state index contributed by atoms with van der Waals surface area (Å²) in [7, 11) is 0. The summed E-state index contributed by atoms with van der Waals surface area (Å²) in [5.41, 5.74) is 7.24. The molecule has 0 spiro atoms. The van der Waals surface area contributed by atoms with Gasteiger partial charge in [0, 0.05) is 0 Å². The van der Waals surface area contributed by atoms with Crippen molar-refractivity contribution in [2.75, 3.05) is 5.73 Å². The van der Waals surface area contributed by atoms with Crippen molar-refractivity contribution < 1.29 is 9.53 Å². The highest BCUT2D eigenvalue weighted by Crippen LogP contribution is 2.22. The summed E-state index contributed by atoms with van der Waals surface area (Å²) in [5, 5.41) is 0. The van der Waals surface area contributed by atoms with E-state index in [4.69, 9.17) is 10.5 Å². The summed E-state index contributed by atoms with van der Waals surface area (Å²) < 4.78 is 5.40. The van der Waals surface area contributed by atoms with Gasteiger partial charge < -0.3 is 10.5 Å². The van der Waals surface area contributed by atoms with Crippen LogP contribution in [0.25, 0.3) is 0 Å². The number of hydrogen-bond acceptors (Lipinski definition) is 4. The maximum absolute atomic E-state index is 11.9. The summed E-state index contributed by atoms with van der Waals surface area (Å²) in [4.78, 5) is 15.9. The third-order valence-corrected chi connectivity index (χ3v) is 2.90. The van der Waals surface area contributed by atoms with Crippen LogP contribution in [-0.4, -0.2) is 17.1 Å². The lowest BCUT2D eigenvalue weighted by atomic mass is 10.2. The summed E-state index contributed by atoms with van der Waals surface area (Å²) >= 11 is 0. The van der Waals surface area contributed by atoms with Gasteiger partial charge in [0.05, 0.1) is 23.1 Å². The first-order valence-corrected chi connectivity index (χ1v) is 5.60. The van der Waals surface area contributed by atoms with Gasteiger partial charge in [-0.25, -0.2) is 4.79 Å². The van der Waals surface area contributed by atoms with Crippen LogP contribution in [0.3, 0.4) is 0 Å². The smallest absolute Gasteiger partial charge is 0.340 e. The predicted octanol–water partition coefficient (Wildman–Crippen LogP) is 2.07. The molecule has 0 atom stereocenters. The van der Waals surface area contributed by atoms with Gasteiger partial charge in [-0.15, -0.1) is 0 Å².